The predicted molar refractivity (Wildman–Crippen MR) is 75.2 cm³/mol. The lowest BCUT2D eigenvalue weighted by Crippen LogP contribution is -2.08. The minimum Gasteiger partial charge on any atom is -0.294 e. The number of halogens is 2. The SMILES string of the molecule is O=C(Cc1ccccc1[N+](=O)[O-])c1cccc(Br)c1F. The van der Waals surface area contributed by atoms with E-state index >= 15 is 0 Å². The summed E-state index contributed by atoms with van der Waals surface area (Å²) >= 11 is 3.00. The fraction of sp³-hybridized carbons (Fsp3) is 0.0714. The molecule has 0 saturated carbocycles. The molecule has 4 nitrogen and oxygen atoms in total. The molecule has 0 amide bonds. The van der Waals surface area contributed by atoms with E-state index in [4.69, 9.17) is 0 Å². The van der Waals surface area contributed by atoms with E-state index in [1.54, 1.807) is 12.1 Å². The van der Waals surface area contributed by atoms with Crippen molar-refractivity contribution in [2.75, 3.05) is 0 Å². The summed E-state index contributed by atoms with van der Waals surface area (Å²) in [4.78, 5) is 22.4. The van der Waals surface area contributed by atoms with Gasteiger partial charge in [-0.2, -0.15) is 0 Å². The average Bonchev–Trinajstić information content (AvgIpc) is 2.42. The summed E-state index contributed by atoms with van der Waals surface area (Å²) in [6, 6.07) is 10.3. The molecule has 0 radical (unpaired) electrons. The molecule has 2 aromatic rings. The van der Waals surface area contributed by atoms with Crippen molar-refractivity contribution < 1.29 is 14.1 Å². The van der Waals surface area contributed by atoms with Crippen molar-refractivity contribution in [3.8, 4) is 0 Å². The molecule has 0 heterocycles. The molecule has 0 bridgehead atoms. The zero-order chi connectivity index (χ0) is 14.7. The number of ketones is 1. The van der Waals surface area contributed by atoms with E-state index in [0.29, 0.717) is 0 Å². The third-order valence-corrected chi connectivity index (χ3v) is 3.40. The van der Waals surface area contributed by atoms with Crippen molar-refractivity contribution in [2.24, 2.45) is 0 Å². The normalized spacial score (nSPS) is 10.3. The van der Waals surface area contributed by atoms with E-state index in [-0.39, 0.29) is 27.7 Å². The van der Waals surface area contributed by atoms with E-state index < -0.39 is 16.5 Å². The molecule has 0 aliphatic heterocycles. The number of nitro groups is 1. The molecule has 0 saturated heterocycles. The molecule has 0 aliphatic rings. The number of Topliss-reactive ketones (excluding diaryl/α,β-unsaturated/α-hetero) is 1. The Hall–Kier alpha value is -2.08. The Balaban J connectivity index is 2.33. The summed E-state index contributed by atoms with van der Waals surface area (Å²) in [6.45, 7) is 0. The molecule has 0 spiro atoms. The summed E-state index contributed by atoms with van der Waals surface area (Å²) in [6.07, 6.45) is -0.218. The number of benzene rings is 2. The topological polar surface area (TPSA) is 60.2 Å². The smallest absolute Gasteiger partial charge is 0.273 e. The number of nitrogens with zero attached hydrogens (tertiary/aromatic N) is 1. The van der Waals surface area contributed by atoms with Crippen LogP contribution in [0, 0.1) is 15.9 Å². The Morgan fingerprint density at radius 1 is 1.20 bits per heavy atom. The highest BCUT2D eigenvalue weighted by molar-refractivity contribution is 9.10. The summed E-state index contributed by atoms with van der Waals surface area (Å²) in [5.74, 6) is -1.16. The summed E-state index contributed by atoms with van der Waals surface area (Å²) < 4.78 is 14.0. The zero-order valence-electron chi connectivity index (χ0n) is 10.2. The fourth-order valence-corrected chi connectivity index (χ4v) is 2.19. The van der Waals surface area contributed by atoms with E-state index in [9.17, 15) is 19.3 Å². The van der Waals surface area contributed by atoms with Gasteiger partial charge in [-0.25, -0.2) is 4.39 Å². The molecule has 0 aliphatic carbocycles. The molecule has 0 fully saturated rings. The van der Waals surface area contributed by atoms with Crippen LogP contribution in [0.3, 0.4) is 0 Å². The quantitative estimate of drug-likeness (QED) is 0.482. The van der Waals surface area contributed by atoms with Crippen molar-refractivity contribution in [3.05, 3.63) is 74.0 Å². The maximum Gasteiger partial charge on any atom is 0.273 e. The molecule has 2 aromatic carbocycles. The Labute approximate surface area is 122 Å². The van der Waals surface area contributed by atoms with Gasteiger partial charge in [0.05, 0.1) is 15.0 Å². The van der Waals surface area contributed by atoms with Crippen LogP contribution < -0.4 is 0 Å². The largest absolute Gasteiger partial charge is 0.294 e. The number of hydrogen-bond donors (Lipinski definition) is 0. The highest BCUT2D eigenvalue weighted by Crippen LogP contribution is 2.23. The van der Waals surface area contributed by atoms with Gasteiger partial charge in [-0.1, -0.05) is 24.3 Å². The Kier molecular flexibility index (Phi) is 4.24. The average molecular weight is 338 g/mol. The van der Waals surface area contributed by atoms with Crippen LogP contribution in [0.15, 0.2) is 46.9 Å². The molecule has 0 aromatic heterocycles. The van der Waals surface area contributed by atoms with Crippen LogP contribution in [-0.2, 0) is 6.42 Å². The Bertz CT molecular complexity index is 688. The number of para-hydroxylation sites is 1. The lowest BCUT2D eigenvalue weighted by atomic mass is 10.0. The van der Waals surface area contributed by atoms with Gasteiger partial charge in [0, 0.05) is 18.1 Å². The maximum atomic E-state index is 13.8. The van der Waals surface area contributed by atoms with Gasteiger partial charge in [-0.05, 0) is 28.1 Å². The van der Waals surface area contributed by atoms with Crippen molar-refractivity contribution >= 4 is 27.4 Å². The second-order valence-corrected chi connectivity index (χ2v) is 4.94. The minimum atomic E-state index is -0.656. The second kappa shape index (κ2) is 5.92. The van der Waals surface area contributed by atoms with Crippen molar-refractivity contribution in [1.29, 1.82) is 0 Å². The van der Waals surface area contributed by atoms with Gasteiger partial charge in [0.2, 0.25) is 0 Å². The van der Waals surface area contributed by atoms with Gasteiger partial charge in [0.15, 0.2) is 5.78 Å². The molecule has 0 N–H and O–H groups in total. The van der Waals surface area contributed by atoms with Crippen molar-refractivity contribution in [3.63, 3.8) is 0 Å². The first-order valence-electron chi connectivity index (χ1n) is 5.70. The molecule has 20 heavy (non-hydrogen) atoms. The van der Waals surface area contributed by atoms with E-state index in [2.05, 4.69) is 15.9 Å². The third-order valence-electron chi connectivity index (χ3n) is 2.79. The third kappa shape index (κ3) is 2.91. The van der Waals surface area contributed by atoms with Gasteiger partial charge >= 0.3 is 0 Å². The lowest BCUT2D eigenvalue weighted by Gasteiger charge is -2.05. The van der Waals surface area contributed by atoms with Crippen molar-refractivity contribution in [1.82, 2.24) is 0 Å². The van der Waals surface area contributed by atoms with Gasteiger partial charge in [0.1, 0.15) is 5.82 Å². The van der Waals surface area contributed by atoms with Crippen LogP contribution in [0.25, 0.3) is 0 Å². The molecular weight excluding hydrogens is 329 g/mol. The summed E-state index contributed by atoms with van der Waals surface area (Å²) in [7, 11) is 0. The van der Waals surface area contributed by atoms with Crippen LogP contribution >= 0.6 is 15.9 Å². The summed E-state index contributed by atoms with van der Waals surface area (Å²) in [5.41, 5.74) is 0.0376. The molecule has 6 heteroatoms. The van der Waals surface area contributed by atoms with Crippen LogP contribution in [0.1, 0.15) is 15.9 Å². The molecule has 2 rings (SSSR count). The molecule has 102 valence electrons. The molecule has 0 atom stereocenters. The zero-order valence-corrected chi connectivity index (χ0v) is 11.8. The highest BCUT2D eigenvalue weighted by Gasteiger charge is 2.19. The van der Waals surface area contributed by atoms with Crippen molar-refractivity contribution in [2.45, 2.75) is 6.42 Å². The minimum absolute atomic E-state index is 0.0856. The summed E-state index contributed by atoms with van der Waals surface area (Å²) in [5, 5.41) is 10.9. The van der Waals surface area contributed by atoms with E-state index in [1.807, 2.05) is 0 Å². The number of carbonyl (C=O) groups excluding carboxylic acids is 1. The number of nitro benzene ring substituents is 1. The highest BCUT2D eigenvalue weighted by atomic mass is 79.9. The van der Waals surface area contributed by atoms with Gasteiger partial charge in [-0.3, -0.25) is 14.9 Å². The first-order chi connectivity index (χ1) is 9.50. The number of rotatable bonds is 4. The standard InChI is InChI=1S/C14H9BrFNO3/c15-11-6-3-5-10(14(11)16)13(18)8-9-4-1-2-7-12(9)17(19)20/h1-7H,8H2. The second-order valence-electron chi connectivity index (χ2n) is 4.09. The van der Waals surface area contributed by atoms with E-state index in [0.717, 1.165) is 0 Å². The number of carbonyl (C=O) groups is 1. The Morgan fingerprint density at radius 3 is 2.60 bits per heavy atom. The van der Waals surface area contributed by atoms with Crippen LogP contribution in [0.2, 0.25) is 0 Å². The monoisotopic (exact) mass is 337 g/mol. The number of hydrogen-bond acceptors (Lipinski definition) is 3. The van der Waals surface area contributed by atoms with Crippen LogP contribution in [0.5, 0.6) is 0 Å². The van der Waals surface area contributed by atoms with Gasteiger partial charge in [-0.15, -0.1) is 0 Å². The molecule has 0 unspecified atom stereocenters. The van der Waals surface area contributed by atoms with Crippen LogP contribution in [-0.4, -0.2) is 10.7 Å². The first kappa shape index (κ1) is 14.3. The first-order valence-corrected chi connectivity index (χ1v) is 6.49. The lowest BCUT2D eigenvalue weighted by molar-refractivity contribution is -0.385. The Morgan fingerprint density at radius 2 is 1.90 bits per heavy atom. The van der Waals surface area contributed by atoms with E-state index in [1.165, 1.54) is 30.3 Å². The predicted octanol–water partition coefficient (Wildman–Crippen LogP) is 3.92. The fourth-order valence-electron chi connectivity index (χ4n) is 1.83. The van der Waals surface area contributed by atoms with Crippen LogP contribution in [0.4, 0.5) is 10.1 Å². The van der Waals surface area contributed by atoms with Gasteiger partial charge < -0.3 is 0 Å². The molecular formula is C14H9BrFNO3. The maximum absolute atomic E-state index is 13.8. The van der Waals surface area contributed by atoms with Gasteiger partial charge in [0.25, 0.3) is 5.69 Å².